The summed E-state index contributed by atoms with van der Waals surface area (Å²) in [5, 5.41) is 13.8. The maximum Gasteiger partial charge on any atom is 0.281 e. The molecule has 1 N–H and O–H groups in total. The number of aromatic nitrogens is 2. The van der Waals surface area contributed by atoms with Crippen molar-refractivity contribution in [2.24, 2.45) is 0 Å². The summed E-state index contributed by atoms with van der Waals surface area (Å²) in [6.07, 6.45) is 1.22. The molecule has 0 spiro atoms. The first-order valence-corrected chi connectivity index (χ1v) is 2.49. The minimum atomic E-state index is -0.553. The summed E-state index contributed by atoms with van der Waals surface area (Å²) in [7, 11) is 5.23. The second kappa shape index (κ2) is 2.35. The highest BCUT2D eigenvalue weighted by molar-refractivity contribution is 6.33. The summed E-state index contributed by atoms with van der Waals surface area (Å²) in [6.45, 7) is 0. The minimum absolute atomic E-state index is 0.0880. The van der Waals surface area contributed by atoms with Crippen molar-refractivity contribution in [3.05, 3.63) is 22.1 Å². The van der Waals surface area contributed by atoms with Crippen molar-refractivity contribution in [1.82, 2.24) is 10.2 Å². The van der Waals surface area contributed by atoms with E-state index in [2.05, 4.69) is 10.2 Å². The number of hydrogen-bond acceptors (Lipinski definition) is 3. The third-order valence-electron chi connectivity index (χ3n) is 0.997. The van der Waals surface area contributed by atoms with Gasteiger partial charge in [-0.1, -0.05) is 5.46 Å². The van der Waals surface area contributed by atoms with Crippen LogP contribution < -0.4 is 11.0 Å². The van der Waals surface area contributed by atoms with E-state index in [1.807, 2.05) is 0 Å². The van der Waals surface area contributed by atoms with Crippen molar-refractivity contribution >= 4 is 13.3 Å². The van der Waals surface area contributed by atoms with E-state index < -0.39 is 5.56 Å². The minimum Gasteiger partial charge on any atom is -0.267 e. The van der Waals surface area contributed by atoms with Gasteiger partial charge in [0.25, 0.3) is 5.56 Å². The standard InChI is InChI=1S/C5H2BN3O/c6-4-2-8-9-5(10)3(4)1-7/h2H,(H,9,10). The summed E-state index contributed by atoms with van der Waals surface area (Å²) < 4.78 is 0. The van der Waals surface area contributed by atoms with E-state index in [-0.39, 0.29) is 11.0 Å². The summed E-state index contributed by atoms with van der Waals surface area (Å²) in [6, 6.07) is 1.65. The fraction of sp³-hybridized carbons (Fsp3) is 0. The van der Waals surface area contributed by atoms with Crippen LogP contribution in [0.5, 0.6) is 0 Å². The Bertz CT molecular complexity index is 337. The Balaban J connectivity index is 3.50. The summed E-state index contributed by atoms with van der Waals surface area (Å²) in [4.78, 5) is 10.7. The molecule has 0 unspecified atom stereocenters. The Morgan fingerprint density at radius 1 is 1.80 bits per heavy atom. The third kappa shape index (κ3) is 0.912. The molecule has 0 bridgehead atoms. The van der Waals surface area contributed by atoms with Gasteiger partial charge in [0, 0.05) is 6.20 Å². The fourth-order valence-electron chi connectivity index (χ4n) is 0.527. The average molecular weight is 131 g/mol. The molecule has 1 heterocycles. The fourth-order valence-corrected chi connectivity index (χ4v) is 0.527. The molecule has 5 heteroatoms. The molecular weight excluding hydrogens is 129 g/mol. The van der Waals surface area contributed by atoms with E-state index in [1.165, 1.54) is 6.20 Å². The molecule has 0 fully saturated rings. The molecule has 0 saturated heterocycles. The van der Waals surface area contributed by atoms with Gasteiger partial charge >= 0.3 is 0 Å². The van der Waals surface area contributed by atoms with Gasteiger partial charge in [-0.25, -0.2) is 5.10 Å². The molecule has 0 aromatic carbocycles. The van der Waals surface area contributed by atoms with E-state index in [9.17, 15) is 4.79 Å². The van der Waals surface area contributed by atoms with Gasteiger partial charge in [-0.05, 0) is 0 Å². The van der Waals surface area contributed by atoms with Crippen molar-refractivity contribution < 1.29 is 0 Å². The molecule has 0 aliphatic rings. The van der Waals surface area contributed by atoms with Crippen LogP contribution in [-0.4, -0.2) is 18.0 Å². The average Bonchev–Trinajstić information content (AvgIpc) is 1.88. The molecule has 10 heavy (non-hydrogen) atoms. The summed E-state index contributed by atoms with van der Waals surface area (Å²) in [5.41, 5.74) is -0.538. The zero-order valence-electron chi connectivity index (χ0n) is 4.96. The topological polar surface area (TPSA) is 69.5 Å². The molecule has 0 amide bonds. The smallest absolute Gasteiger partial charge is 0.267 e. The molecule has 0 aliphatic heterocycles. The van der Waals surface area contributed by atoms with Crippen molar-refractivity contribution in [3.8, 4) is 6.07 Å². The molecule has 46 valence electrons. The van der Waals surface area contributed by atoms with Crippen molar-refractivity contribution in [2.75, 3.05) is 0 Å². The van der Waals surface area contributed by atoms with Crippen LogP contribution in [0.25, 0.3) is 0 Å². The number of hydrogen-bond donors (Lipinski definition) is 1. The zero-order chi connectivity index (χ0) is 7.56. The van der Waals surface area contributed by atoms with Gasteiger partial charge < -0.3 is 0 Å². The van der Waals surface area contributed by atoms with Crippen LogP contribution in [0.2, 0.25) is 0 Å². The SMILES string of the molecule is [B]c1cn[nH]c(=O)c1C#N. The van der Waals surface area contributed by atoms with Crippen LogP contribution in [0.4, 0.5) is 0 Å². The Kier molecular flexibility index (Phi) is 1.54. The maximum absolute atomic E-state index is 10.7. The van der Waals surface area contributed by atoms with Crippen molar-refractivity contribution in [1.29, 1.82) is 5.26 Å². The predicted octanol–water partition coefficient (Wildman–Crippen LogP) is -1.56. The number of rotatable bonds is 0. The number of nitriles is 1. The normalized spacial score (nSPS) is 8.70. The number of nitrogens with zero attached hydrogens (tertiary/aromatic N) is 2. The number of H-pyrrole nitrogens is 1. The highest BCUT2D eigenvalue weighted by Gasteiger charge is 1.99. The van der Waals surface area contributed by atoms with E-state index in [4.69, 9.17) is 13.1 Å². The molecule has 0 saturated carbocycles. The van der Waals surface area contributed by atoms with E-state index >= 15 is 0 Å². The van der Waals surface area contributed by atoms with E-state index in [1.54, 1.807) is 6.07 Å². The van der Waals surface area contributed by atoms with Crippen LogP contribution in [0.15, 0.2) is 11.0 Å². The lowest BCUT2D eigenvalue weighted by Crippen LogP contribution is -2.23. The lowest BCUT2D eigenvalue weighted by Gasteiger charge is -1.90. The Hall–Kier alpha value is -1.57. The first kappa shape index (κ1) is 6.55. The molecule has 1 rings (SSSR count). The van der Waals surface area contributed by atoms with Crippen LogP contribution in [0, 0.1) is 11.3 Å². The zero-order valence-corrected chi connectivity index (χ0v) is 4.96. The largest absolute Gasteiger partial charge is 0.281 e. The predicted molar refractivity (Wildman–Crippen MR) is 35.0 cm³/mol. The highest BCUT2D eigenvalue weighted by Crippen LogP contribution is 1.75. The molecule has 4 nitrogen and oxygen atoms in total. The first-order valence-electron chi connectivity index (χ1n) is 2.49. The maximum atomic E-state index is 10.7. The number of aromatic amines is 1. The quantitative estimate of drug-likeness (QED) is 0.432. The lowest BCUT2D eigenvalue weighted by molar-refractivity contribution is 0.990. The van der Waals surface area contributed by atoms with Crippen molar-refractivity contribution in [2.45, 2.75) is 0 Å². The van der Waals surface area contributed by atoms with Crippen LogP contribution in [0.1, 0.15) is 5.56 Å². The molecular formula is C5H2BN3O. The van der Waals surface area contributed by atoms with E-state index in [0.29, 0.717) is 0 Å². The summed E-state index contributed by atoms with van der Waals surface area (Å²) in [5.74, 6) is 0. The van der Waals surface area contributed by atoms with Crippen molar-refractivity contribution in [3.63, 3.8) is 0 Å². The van der Waals surface area contributed by atoms with Gasteiger partial charge in [-0.3, -0.25) is 4.79 Å². The van der Waals surface area contributed by atoms with Gasteiger partial charge in [-0.2, -0.15) is 10.4 Å². The first-order chi connectivity index (χ1) is 4.75. The lowest BCUT2D eigenvalue weighted by atomic mass is 9.94. The Labute approximate surface area is 57.9 Å². The number of nitrogens with one attached hydrogen (secondary N) is 1. The van der Waals surface area contributed by atoms with Gasteiger partial charge in [0.15, 0.2) is 0 Å². The Morgan fingerprint density at radius 3 is 2.90 bits per heavy atom. The van der Waals surface area contributed by atoms with Gasteiger partial charge in [0.05, 0.1) is 0 Å². The highest BCUT2D eigenvalue weighted by atomic mass is 16.1. The van der Waals surface area contributed by atoms with Gasteiger partial charge in [0.2, 0.25) is 0 Å². The molecule has 1 aromatic heterocycles. The van der Waals surface area contributed by atoms with Gasteiger partial charge in [0.1, 0.15) is 19.5 Å². The summed E-state index contributed by atoms with van der Waals surface area (Å²) >= 11 is 0. The van der Waals surface area contributed by atoms with E-state index in [0.717, 1.165) is 0 Å². The molecule has 0 atom stereocenters. The molecule has 0 aliphatic carbocycles. The molecule has 2 radical (unpaired) electrons. The second-order valence-electron chi connectivity index (χ2n) is 1.64. The van der Waals surface area contributed by atoms with Crippen LogP contribution in [0.3, 0.4) is 0 Å². The third-order valence-corrected chi connectivity index (χ3v) is 0.997. The van der Waals surface area contributed by atoms with Crippen LogP contribution in [-0.2, 0) is 0 Å². The Morgan fingerprint density at radius 2 is 2.50 bits per heavy atom. The van der Waals surface area contributed by atoms with Gasteiger partial charge in [-0.15, -0.1) is 0 Å². The van der Waals surface area contributed by atoms with Crippen LogP contribution >= 0.6 is 0 Å². The second-order valence-corrected chi connectivity index (χ2v) is 1.64. The monoisotopic (exact) mass is 131 g/mol. The molecule has 1 aromatic rings.